The first-order valence-corrected chi connectivity index (χ1v) is 3.89. The normalized spacial score (nSPS) is 9.31. The number of hydrogen-bond donors (Lipinski definition) is 1. The second kappa shape index (κ2) is 3.46. The molecule has 0 saturated carbocycles. The topological polar surface area (TPSA) is 66.9 Å². The number of hydrogen-bond acceptors (Lipinski definition) is 4. The Balaban J connectivity index is 3.41. The molecule has 0 N–H and O–H groups in total. The maximum absolute atomic E-state index is 10.5. The zero-order valence-corrected chi connectivity index (χ0v) is 7.71. The van der Waals surface area contributed by atoms with Gasteiger partial charge >= 0.3 is 0 Å². The highest BCUT2D eigenvalue weighted by molar-refractivity contribution is 7.80. The van der Waals surface area contributed by atoms with Gasteiger partial charge in [0.1, 0.15) is 6.07 Å². The van der Waals surface area contributed by atoms with Crippen molar-refractivity contribution in [2.24, 2.45) is 0 Å². The summed E-state index contributed by atoms with van der Waals surface area (Å²) in [4.78, 5) is 10.4. The molecule has 0 radical (unpaired) electrons. The minimum absolute atomic E-state index is 0.0469. The van der Waals surface area contributed by atoms with Gasteiger partial charge < -0.3 is 0 Å². The SMILES string of the molecule is Cc1cc(S)c(C#N)cc1[N+](=O)[O-]. The molecule has 0 aliphatic rings. The first kappa shape index (κ1) is 9.55. The lowest BCUT2D eigenvalue weighted by atomic mass is 10.1. The number of nitriles is 1. The molecule has 0 fully saturated rings. The molecule has 0 aliphatic carbocycles. The first-order valence-electron chi connectivity index (χ1n) is 3.44. The molecule has 0 amide bonds. The Morgan fingerprint density at radius 2 is 2.23 bits per heavy atom. The molecule has 1 rings (SSSR count). The predicted octanol–water partition coefficient (Wildman–Crippen LogP) is 2.06. The summed E-state index contributed by atoms with van der Waals surface area (Å²) >= 11 is 4.02. The molecule has 0 unspecified atom stereocenters. The van der Waals surface area contributed by atoms with Gasteiger partial charge in [-0.25, -0.2) is 0 Å². The van der Waals surface area contributed by atoms with E-state index < -0.39 is 4.92 Å². The number of rotatable bonds is 1. The molecule has 0 bridgehead atoms. The van der Waals surface area contributed by atoms with E-state index in [0.717, 1.165) is 0 Å². The van der Waals surface area contributed by atoms with Gasteiger partial charge in [0.15, 0.2) is 0 Å². The molecule has 1 aromatic rings. The molecule has 13 heavy (non-hydrogen) atoms. The Hall–Kier alpha value is -1.54. The van der Waals surface area contributed by atoms with Crippen LogP contribution in [0.1, 0.15) is 11.1 Å². The van der Waals surface area contributed by atoms with Crippen molar-refractivity contribution >= 4 is 18.3 Å². The number of aryl methyl sites for hydroxylation is 1. The third-order valence-corrected chi connectivity index (χ3v) is 2.00. The van der Waals surface area contributed by atoms with E-state index in [-0.39, 0.29) is 11.3 Å². The van der Waals surface area contributed by atoms with Crippen molar-refractivity contribution in [3.63, 3.8) is 0 Å². The van der Waals surface area contributed by atoms with E-state index in [4.69, 9.17) is 5.26 Å². The van der Waals surface area contributed by atoms with Gasteiger partial charge in [-0.2, -0.15) is 5.26 Å². The predicted molar refractivity (Wildman–Crippen MR) is 49.8 cm³/mol. The maximum Gasteiger partial charge on any atom is 0.273 e. The maximum atomic E-state index is 10.5. The Labute approximate surface area is 80.4 Å². The van der Waals surface area contributed by atoms with Crippen LogP contribution in [0.15, 0.2) is 17.0 Å². The van der Waals surface area contributed by atoms with Gasteiger partial charge in [0.25, 0.3) is 5.69 Å². The summed E-state index contributed by atoms with van der Waals surface area (Å²) in [5.74, 6) is 0. The van der Waals surface area contributed by atoms with Gasteiger partial charge in [0.05, 0.1) is 10.5 Å². The summed E-state index contributed by atoms with van der Waals surface area (Å²) in [7, 11) is 0. The van der Waals surface area contributed by atoms with E-state index >= 15 is 0 Å². The van der Waals surface area contributed by atoms with Crippen LogP contribution in [0.25, 0.3) is 0 Å². The number of thiol groups is 1. The van der Waals surface area contributed by atoms with Crippen molar-refractivity contribution in [2.75, 3.05) is 0 Å². The molecule has 4 nitrogen and oxygen atoms in total. The lowest BCUT2D eigenvalue weighted by Crippen LogP contribution is -1.93. The zero-order valence-electron chi connectivity index (χ0n) is 6.81. The van der Waals surface area contributed by atoms with Crippen molar-refractivity contribution in [1.29, 1.82) is 5.26 Å². The Morgan fingerprint density at radius 1 is 1.62 bits per heavy atom. The van der Waals surface area contributed by atoms with Crippen molar-refractivity contribution in [1.82, 2.24) is 0 Å². The summed E-state index contributed by atoms with van der Waals surface area (Å²) < 4.78 is 0. The second-order valence-corrected chi connectivity index (χ2v) is 3.01. The lowest BCUT2D eigenvalue weighted by Gasteiger charge is -1.99. The minimum Gasteiger partial charge on any atom is -0.258 e. The van der Waals surface area contributed by atoms with Gasteiger partial charge in [-0.1, -0.05) is 0 Å². The van der Waals surface area contributed by atoms with E-state index in [1.165, 1.54) is 12.1 Å². The van der Waals surface area contributed by atoms with Crippen molar-refractivity contribution < 1.29 is 4.92 Å². The van der Waals surface area contributed by atoms with Crippen LogP contribution in [0.4, 0.5) is 5.69 Å². The van der Waals surface area contributed by atoms with Gasteiger partial charge in [0.2, 0.25) is 0 Å². The third-order valence-electron chi connectivity index (χ3n) is 1.63. The van der Waals surface area contributed by atoms with Gasteiger partial charge in [-0.05, 0) is 13.0 Å². The Morgan fingerprint density at radius 3 is 2.69 bits per heavy atom. The van der Waals surface area contributed by atoms with Gasteiger partial charge in [-0.3, -0.25) is 10.1 Å². The smallest absolute Gasteiger partial charge is 0.258 e. The van der Waals surface area contributed by atoms with Crippen LogP contribution in [0.3, 0.4) is 0 Å². The first-order chi connectivity index (χ1) is 6.06. The zero-order chi connectivity index (χ0) is 10.0. The number of nitro benzene ring substituents is 1. The van der Waals surface area contributed by atoms with Crippen LogP contribution in [0, 0.1) is 28.4 Å². The van der Waals surface area contributed by atoms with E-state index in [1.807, 2.05) is 6.07 Å². The van der Waals surface area contributed by atoms with Crippen LogP contribution in [0.5, 0.6) is 0 Å². The van der Waals surface area contributed by atoms with Crippen LogP contribution < -0.4 is 0 Å². The standard InChI is InChI=1S/C8H6N2O2S/c1-5-2-8(13)6(4-9)3-7(5)10(11)12/h2-3,13H,1H3. The molecule has 0 spiro atoms. The molecule has 0 atom stereocenters. The molecule has 0 saturated heterocycles. The molecule has 66 valence electrons. The van der Waals surface area contributed by atoms with Gasteiger partial charge in [-0.15, -0.1) is 12.6 Å². The average molecular weight is 194 g/mol. The monoisotopic (exact) mass is 194 g/mol. The fourth-order valence-corrected chi connectivity index (χ4v) is 1.28. The average Bonchev–Trinajstić information content (AvgIpc) is 2.03. The molecule has 0 aromatic heterocycles. The third kappa shape index (κ3) is 1.79. The van der Waals surface area contributed by atoms with E-state index in [1.54, 1.807) is 6.92 Å². The highest BCUT2D eigenvalue weighted by Gasteiger charge is 2.13. The largest absolute Gasteiger partial charge is 0.273 e. The number of benzene rings is 1. The number of nitrogens with zero attached hydrogens (tertiary/aromatic N) is 2. The molecule has 0 aliphatic heterocycles. The lowest BCUT2D eigenvalue weighted by molar-refractivity contribution is -0.385. The van der Waals surface area contributed by atoms with Crippen LogP contribution >= 0.6 is 12.6 Å². The summed E-state index contributed by atoms with van der Waals surface area (Å²) in [5.41, 5.74) is 0.684. The molecule has 0 heterocycles. The van der Waals surface area contributed by atoms with E-state index in [0.29, 0.717) is 10.5 Å². The molecular weight excluding hydrogens is 188 g/mol. The minimum atomic E-state index is -0.511. The summed E-state index contributed by atoms with van der Waals surface area (Å²) in [6.45, 7) is 1.61. The van der Waals surface area contributed by atoms with E-state index in [9.17, 15) is 10.1 Å². The molecule has 5 heteroatoms. The van der Waals surface area contributed by atoms with Crippen LogP contribution in [-0.4, -0.2) is 4.92 Å². The molecular formula is C8H6N2O2S. The fraction of sp³-hybridized carbons (Fsp3) is 0.125. The quantitative estimate of drug-likeness (QED) is 0.422. The fourth-order valence-electron chi connectivity index (χ4n) is 0.968. The molecule has 1 aromatic carbocycles. The van der Waals surface area contributed by atoms with Crippen LogP contribution in [0.2, 0.25) is 0 Å². The second-order valence-electron chi connectivity index (χ2n) is 2.52. The Bertz CT molecular complexity index is 409. The highest BCUT2D eigenvalue weighted by atomic mass is 32.1. The number of nitro groups is 1. The Kier molecular flexibility index (Phi) is 2.54. The van der Waals surface area contributed by atoms with Crippen molar-refractivity contribution in [3.8, 4) is 6.07 Å². The van der Waals surface area contributed by atoms with Gasteiger partial charge in [0, 0.05) is 16.5 Å². The summed E-state index contributed by atoms with van der Waals surface area (Å²) in [5, 5.41) is 19.1. The van der Waals surface area contributed by atoms with E-state index in [2.05, 4.69) is 12.6 Å². The highest BCUT2D eigenvalue weighted by Crippen LogP contribution is 2.24. The van der Waals surface area contributed by atoms with Crippen molar-refractivity contribution in [2.45, 2.75) is 11.8 Å². The van der Waals surface area contributed by atoms with Crippen LogP contribution in [-0.2, 0) is 0 Å². The summed E-state index contributed by atoms with van der Waals surface area (Å²) in [6, 6.07) is 4.58. The van der Waals surface area contributed by atoms with Crippen molar-refractivity contribution in [3.05, 3.63) is 33.4 Å². The summed E-state index contributed by atoms with van der Waals surface area (Å²) in [6.07, 6.45) is 0.